The number of hydrogen-bond donors (Lipinski definition) is 2. The molecule has 0 aliphatic carbocycles. The largest absolute Gasteiger partial charge is 0.344 e. The number of hydrogen-bond acceptors (Lipinski definition) is 4. The Bertz CT molecular complexity index is 758. The Kier molecular flexibility index (Phi) is 4.90. The maximum Gasteiger partial charge on any atom is 0.313 e. The van der Waals surface area contributed by atoms with Crippen molar-refractivity contribution in [2.45, 2.75) is 19.4 Å². The Morgan fingerprint density at radius 1 is 1.21 bits per heavy atom. The molecule has 0 bridgehead atoms. The number of nitrogens with one attached hydrogen (secondary N) is 2. The van der Waals surface area contributed by atoms with Crippen LogP contribution in [-0.2, 0) is 20.9 Å². The fourth-order valence-electron chi connectivity index (χ4n) is 2.52. The van der Waals surface area contributed by atoms with Crippen LogP contribution in [0, 0.1) is 0 Å². The highest BCUT2D eigenvalue weighted by atomic mass is 32.1. The van der Waals surface area contributed by atoms with E-state index in [1.807, 2.05) is 22.9 Å². The average Bonchev–Trinajstić information content (AvgIpc) is 3.24. The van der Waals surface area contributed by atoms with Gasteiger partial charge in [-0.2, -0.15) is 11.3 Å². The van der Waals surface area contributed by atoms with Gasteiger partial charge < -0.3 is 15.5 Å². The fourth-order valence-corrected chi connectivity index (χ4v) is 3.19. The molecule has 1 aromatic heterocycles. The maximum absolute atomic E-state index is 12.0. The molecule has 1 aromatic carbocycles. The molecule has 0 saturated carbocycles. The molecule has 124 valence electrons. The van der Waals surface area contributed by atoms with Crippen LogP contribution in [0.2, 0.25) is 0 Å². The molecule has 0 unspecified atom stereocenters. The summed E-state index contributed by atoms with van der Waals surface area (Å²) in [5.74, 6) is -1.34. The molecule has 2 aromatic rings. The summed E-state index contributed by atoms with van der Waals surface area (Å²) in [6, 6.07) is 8.84. The first-order valence-corrected chi connectivity index (χ1v) is 8.58. The molecular formula is C17H17N3O3S. The normalized spacial score (nSPS) is 13.8. The number of thiophene rings is 1. The standard InChI is InChI=1S/C17H17N3O3S/c21-15-5-2-7-20(15)14-4-1-3-13(9-14)19-17(23)16(22)18-10-12-6-8-24-11-12/h1,3-4,6,8-9,11H,2,5,7,10H2,(H,18,22)(H,19,23). The molecule has 1 aliphatic rings. The number of carbonyl (C=O) groups excluding carboxylic acids is 3. The van der Waals surface area contributed by atoms with E-state index in [1.54, 1.807) is 23.1 Å². The second-order valence-electron chi connectivity index (χ2n) is 5.47. The van der Waals surface area contributed by atoms with Gasteiger partial charge in [-0.3, -0.25) is 14.4 Å². The lowest BCUT2D eigenvalue weighted by molar-refractivity contribution is -0.136. The van der Waals surface area contributed by atoms with Crippen LogP contribution >= 0.6 is 11.3 Å². The molecule has 24 heavy (non-hydrogen) atoms. The fraction of sp³-hybridized carbons (Fsp3) is 0.235. The van der Waals surface area contributed by atoms with E-state index < -0.39 is 11.8 Å². The van der Waals surface area contributed by atoms with Gasteiger partial charge in [-0.25, -0.2) is 0 Å². The Labute approximate surface area is 143 Å². The van der Waals surface area contributed by atoms with Gasteiger partial charge >= 0.3 is 11.8 Å². The zero-order valence-corrected chi connectivity index (χ0v) is 13.8. The monoisotopic (exact) mass is 343 g/mol. The smallest absolute Gasteiger partial charge is 0.313 e. The number of amides is 3. The van der Waals surface area contributed by atoms with E-state index in [0.29, 0.717) is 25.2 Å². The SMILES string of the molecule is O=C(NCc1ccsc1)C(=O)Nc1cccc(N2CCCC2=O)c1. The zero-order chi connectivity index (χ0) is 16.9. The summed E-state index contributed by atoms with van der Waals surface area (Å²) >= 11 is 1.53. The van der Waals surface area contributed by atoms with Crippen LogP contribution in [0.5, 0.6) is 0 Å². The van der Waals surface area contributed by atoms with Crippen molar-refractivity contribution in [3.05, 3.63) is 46.7 Å². The maximum atomic E-state index is 12.0. The van der Waals surface area contributed by atoms with E-state index in [4.69, 9.17) is 0 Å². The number of carbonyl (C=O) groups is 3. The minimum Gasteiger partial charge on any atom is -0.344 e. The van der Waals surface area contributed by atoms with Gasteiger partial charge in [0.15, 0.2) is 0 Å². The zero-order valence-electron chi connectivity index (χ0n) is 13.0. The quantitative estimate of drug-likeness (QED) is 0.835. The highest BCUT2D eigenvalue weighted by Crippen LogP contribution is 2.24. The highest BCUT2D eigenvalue weighted by Gasteiger charge is 2.22. The van der Waals surface area contributed by atoms with Gasteiger partial charge in [0.2, 0.25) is 5.91 Å². The molecule has 1 fully saturated rings. The third kappa shape index (κ3) is 3.80. The molecule has 1 saturated heterocycles. The lowest BCUT2D eigenvalue weighted by Crippen LogP contribution is -2.34. The number of nitrogens with zero attached hydrogens (tertiary/aromatic N) is 1. The van der Waals surface area contributed by atoms with Crippen LogP contribution in [0.3, 0.4) is 0 Å². The van der Waals surface area contributed by atoms with E-state index in [9.17, 15) is 14.4 Å². The topological polar surface area (TPSA) is 78.5 Å². The summed E-state index contributed by atoms with van der Waals surface area (Å²) in [6.07, 6.45) is 1.38. The summed E-state index contributed by atoms with van der Waals surface area (Å²) in [5.41, 5.74) is 2.17. The first-order valence-electron chi connectivity index (χ1n) is 7.64. The van der Waals surface area contributed by atoms with Gasteiger partial charge in [-0.05, 0) is 47.0 Å². The minimum absolute atomic E-state index is 0.0759. The minimum atomic E-state index is -0.727. The van der Waals surface area contributed by atoms with Crippen LogP contribution in [-0.4, -0.2) is 24.3 Å². The van der Waals surface area contributed by atoms with Crippen LogP contribution in [0.4, 0.5) is 11.4 Å². The summed E-state index contributed by atoms with van der Waals surface area (Å²) in [7, 11) is 0. The second-order valence-corrected chi connectivity index (χ2v) is 6.25. The van der Waals surface area contributed by atoms with E-state index in [-0.39, 0.29) is 5.91 Å². The third-order valence-electron chi connectivity index (χ3n) is 3.73. The molecule has 3 rings (SSSR count). The molecule has 6 nitrogen and oxygen atoms in total. The summed E-state index contributed by atoms with van der Waals surface area (Å²) in [4.78, 5) is 37.3. The van der Waals surface area contributed by atoms with Crippen molar-refractivity contribution in [2.75, 3.05) is 16.8 Å². The molecule has 3 amide bonds. The van der Waals surface area contributed by atoms with Crippen LogP contribution in [0.25, 0.3) is 0 Å². The van der Waals surface area contributed by atoms with Crippen LogP contribution < -0.4 is 15.5 Å². The molecule has 0 atom stereocenters. The molecule has 7 heteroatoms. The van der Waals surface area contributed by atoms with Crippen molar-refractivity contribution in [2.24, 2.45) is 0 Å². The van der Waals surface area contributed by atoms with Gasteiger partial charge in [-0.1, -0.05) is 6.07 Å². The van der Waals surface area contributed by atoms with E-state index in [2.05, 4.69) is 10.6 Å². The van der Waals surface area contributed by atoms with E-state index >= 15 is 0 Å². The molecular weight excluding hydrogens is 326 g/mol. The van der Waals surface area contributed by atoms with Crippen molar-refractivity contribution in [3.8, 4) is 0 Å². The van der Waals surface area contributed by atoms with Gasteiger partial charge in [0, 0.05) is 30.9 Å². The molecule has 2 N–H and O–H groups in total. The molecule has 1 aliphatic heterocycles. The highest BCUT2D eigenvalue weighted by molar-refractivity contribution is 7.07. The number of benzene rings is 1. The predicted molar refractivity (Wildman–Crippen MR) is 92.8 cm³/mol. The third-order valence-corrected chi connectivity index (χ3v) is 4.46. The van der Waals surface area contributed by atoms with Gasteiger partial charge in [0.25, 0.3) is 0 Å². The Balaban J connectivity index is 1.59. The van der Waals surface area contributed by atoms with Crippen molar-refractivity contribution < 1.29 is 14.4 Å². The average molecular weight is 343 g/mol. The van der Waals surface area contributed by atoms with Crippen molar-refractivity contribution >= 4 is 40.4 Å². The molecule has 2 heterocycles. The Morgan fingerprint density at radius 3 is 2.79 bits per heavy atom. The molecule has 0 radical (unpaired) electrons. The summed E-state index contributed by atoms with van der Waals surface area (Å²) in [5, 5.41) is 8.96. The van der Waals surface area contributed by atoms with Crippen molar-refractivity contribution in [1.82, 2.24) is 5.32 Å². The number of anilines is 2. The van der Waals surface area contributed by atoms with Crippen LogP contribution in [0.1, 0.15) is 18.4 Å². The van der Waals surface area contributed by atoms with Gasteiger partial charge in [0.05, 0.1) is 0 Å². The molecule has 0 spiro atoms. The lowest BCUT2D eigenvalue weighted by atomic mass is 10.2. The second kappa shape index (κ2) is 7.27. The predicted octanol–water partition coefficient (Wildman–Crippen LogP) is 2.13. The van der Waals surface area contributed by atoms with Gasteiger partial charge in [-0.15, -0.1) is 0 Å². The first-order chi connectivity index (χ1) is 11.6. The Hall–Kier alpha value is -2.67. The lowest BCUT2D eigenvalue weighted by Gasteiger charge is -2.16. The van der Waals surface area contributed by atoms with Crippen LogP contribution in [0.15, 0.2) is 41.1 Å². The summed E-state index contributed by atoms with van der Waals surface area (Å²) in [6.45, 7) is 0.995. The first kappa shape index (κ1) is 16.2. The van der Waals surface area contributed by atoms with Gasteiger partial charge in [0.1, 0.15) is 0 Å². The van der Waals surface area contributed by atoms with E-state index in [1.165, 1.54) is 11.3 Å². The van der Waals surface area contributed by atoms with E-state index in [0.717, 1.165) is 17.7 Å². The number of rotatable bonds is 4. The summed E-state index contributed by atoms with van der Waals surface area (Å²) < 4.78 is 0. The van der Waals surface area contributed by atoms with Crippen molar-refractivity contribution in [3.63, 3.8) is 0 Å². The Morgan fingerprint density at radius 2 is 2.08 bits per heavy atom. The van der Waals surface area contributed by atoms with Crippen molar-refractivity contribution in [1.29, 1.82) is 0 Å².